The molecule has 0 fully saturated rings. The monoisotopic (exact) mass is 204 g/mol. The van der Waals surface area contributed by atoms with Gasteiger partial charge in [-0.05, 0) is 13.3 Å². The maximum absolute atomic E-state index is 4.77. The third kappa shape index (κ3) is 1.85. The van der Waals surface area contributed by atoms with Gasteiger partial charge in [0.05, 0.1) is 17.9 Å². The largest absolute Gasteiger partial charge is 0.351 e. The maximum atomic E-state index is 4.77. The van der Waals surface area contributed by atoms with E-state index in [4.69, 9.17) is 4.99 Å². The smallest absolute Gasteiger partial charge is 0.1000 e. The number of amidine groups is 1. The van der Waals surface area contributed by atoms with Gasteiger partial charge < -0.3 is 4.90 Å². The molecule has 2 heteroatoms. The first-order valence-electron chi connectivity index (χ1n) is 5.96. The second-order valence-electron chi connectivity index (χ2n) is 4.34. The minimum absolute atomic E-state index is 0.371. The zero-order valence-electron chi connectivity index (χ0n) is 9.90. The molecule has 15 heavy (non-hydrogen) atoms. The quantitative estimate of drug-likeness (QED) is 0.690. The number of hydrogen-bond donors (Lipinski definition) is 0. The Kier molecular flexibility index (Phi) is 2.94. The number of fused-ring (bicyclic) bond motifs is 1. The van der Waals surface area contributed by atoms with Crippen molar-refractivity contribution < 1.29 is 0 Å². The molecule has 0 spiro atoms. The van der Waals surface area contributed by atoms with E-state index in [0.29, 0.717) is 12.1 Å². The second-order valence-corrected chi connectivity index (χ2v) is 4.34. The van der Waals surface area contributed by atoms with Crippen molar-refractivity contribution in [2.75, 3.05) is 6.54 Å². The standard InChI is InChI=1S/C13H20N2/c1-4-8-15-12-9-10(3)6-7-11(12)14-13(15)5-2/h6-7,9,11-12H,4-5,8H2,1-3H3. The molecule has 2 aliphatic rings. The first-order chi connectivity index (χ1) is 7.26. The van der Waals surface area contributed by atoms with E-state index in [1.165, 1.54) is 17.8 Å². The molecule has 2 rings (SSSR count). The molecule has 1 aliphatic carbocycles. The van der Waals surface area contributed by atoms with Crippen LogP contribution < -0.4 is 0 Å². The summed E-state index contributed by atoms with van der Waals surface area (Å²) in [5.74, 6) is 1.28. The Hall–Kier alpha value is -1.05. The molecule has 0 aromatic carbocycles. The van der Waals surface area contributed by atoms with Gasteiger partial charge in [0.2, 0.25) is 0 Å². The van der Waals surface area contributed by atoms with Gasteiger partial charge in [-0.1, -0.05) is 37.6 Å². The van der Waals surface area contributed by atoms with Crippen molar-refractivity contribution in [3.8, 4) is 0 Å². The van der Waals surface area contributed by atoms with Crippen LogP contribution in [0.3, 0.4) is 0 Å². The molecular formula is C13H20N2. The van der Waals surface area contributed by atoms with E-state index >= 15 is 0 Å². The summed E-state index contributed by atoms with van der Waals surface area (Å²) < 4.78 is 0. The summed E-state index contributed by atoms with van der Waals surface area (Å²) in [7, 11) is 0. The number of nitrogens with zero attached hydrogens (tertiary/aromatic N) is 2. The fourth-order valence-electron chi connectivity index (χ4n) is 2.41. The van der Waals surface area contributed by atoms with E-state index in [-0.39, 0.29) is 0 Å². The average Bonchev–Trinajstić information content (AvgIpc) is 2.57. The van der Waals surface area contributed by atoms with Gasteiger partial charge >= 0.3 is 0 Å². The summed E-state index contributed by atoms with van der Waals surface area (Å²) in [6.07, 6.45) is 9.03. The first kappa shape index (κ1) is 10.5. The van der Waals surface area contributed by atoms with Gasteiger partial charge in [-0.25, -0.2) is 0 Å². The van der Waals surface area contributed by atoms with Gasteiger partial charge in [0.15, 0.2) is 0 Å². The van der Waals surface area contributed by atoms with E-state index in [1.54, 1.807) is 0 Å². The third-order valence-corrected chi connectivity index (χ3v) is 3.11. The highest BCUT2D eigenvalue weighted by molar-refractivity contribution is 5.85. The first-order valence-corrected chi connectivity index (χ1v) is 5.96. The van der Waals surface area contributed by atoms with E-state index in [2.05, 4.69) is 43.9 Å². The Balaban J connectivity index is 2.22. The highest BCUT2D eigenvalue weighted by atomic mass is 15.3. The third-order valence-electron chi connectivity index (χ3n) is 3.11. The number of allylic oxidation sites excluding steroid dienone is 2. The van der Waals surface area contributed by atoms with Crippen molar-refractivity contribution in [2.24, 2.45) is 4.99 Å². The topological polar surface area (TPSA) is 15.6 Å². The maximum Gasteiger partial charge on any atom is 0.1000 e. The lowest BCUT2D eigenvalue weighted by Crippen LogP contribution is -2.39. The highest BCUT2D eigenvalue weighted by Crippen LogP contribution is 2.26. The van der Waals surface area contributed by atoms with Crippen LogP contribution >= 0.6 is 0 Å². The molecule has 0 aromatic heterocycles. The lowest BCUT2D eigenvalue weighted by atomic mass is 9.99. The Morgan fingerprint density at radius 3 is 2.87 bits per heavy atom. The Morgan fingerprint density at radius 2 is 2.20 bits per heavy atom. The van der Waals surface area contributed by atoms with Crippen LogP contribution in [0.4, 0.5) is 0 Å². The molecule has 0 radical (unpaired) electrons. The van der Waals surface area contributed by atoms with Crippen LogP contribution in [0.15, 0.2) is 28.8 Å². The normalized spacial score (nSPS) is 28.9. The predicted molar refractivity (Wildman–Crippen MR) is 65.2 cm³/mol. The van der Waals surface area contributed by atoms with Gasteiger partial charge in [-0.3, -0.25) is 4.99 Å². The van der Waals surface area contributed by atoms with Crippen LogP contribution in [0.25, 0.3) is 0 Å². The predicted octanol–water partition coefficient (Wildman–Crippen LogP) is 2.77. The number of aliphatic imine (C=N–C) groups is 1. The molecule has 2 atom stereocenters. The summed E-state index contributed by atoms with van der Waals surface area (Å²) in [6.45, 7) is 7.72. The van der Waals surface area contributed by atoms with Gasteiger partial charge in [0.25, 0.3) is 0 Å². The molecule has 0 amide bonds. The Bertz CT molecular complexity index is 325. The van der Waals surface area contributed by atoms with Crippen molar-refractivity contribution in [1.82, 2.24) is 4.90 Å². The van der Waals surface area contributed by atoms with Crippen molar-refractivity contribution in [3.05, 3.63) is 23.8 Å². The molecular weight excluding hydrogens is 184 g/mol. The fraction of sp³-hybridized carbons (Fsp3) is 0.615. The fourth-order valence-corrected chi connectivity index (χ4v) is 2.41. The van der Waals surface area contributed by atoms with Crippen LogP contribution in [0, 0.1) is 0 Å². The van der Waals surface area contributed by atoms with Crippen molar-refractivity contribution in [1.29, 1.82) is 0 Å². The Morgan fingerprint density at radius 1 is 1.40 bits per heavy atom. The van der Waals surface area contributed by atoms with Crippen LogP contribution in [0.5, 0.6) is 0 Å². The molecule has 0 aromatic rings. The molecule has 2 unspecified atom stereocenters. The molecule has 2 nitrogen and oxygen atoms in total. The zero-order valence-corrected chi connectivity index (χ0v) is 9.90. The molecule has 1 aliphatic heterocycles. The van der Waals surface area contributed by atoms with Gasteiger partial charge in [0.1, 0.15) is 0 Å². The average molecular weight is 204 g/mol. The number of hydrogen-bond acceptors (Lipinski definition) is 2. The lowest BCUT2D eigenvalue weighted by Gasteiger charge is -2.28. The van der Waals surface area contributed by atoms with Crippen molar-refractivity contribution >= 4 is 5.84 Å². The minimum atomic E-state index is 0.371. The summed E-state index contributed by atoms with van der Waals surface area (Å²) in [4.78, 5) is 7.24. The van der Waals surface area contributed by atoms with E-state index in [1.807, 2.05) is 0 Å². The van der Waals surface area contributed by atoms with Gasteiger partial charge in [0, 0.05) is 13.0 Å². The molecule has 0 saturated heterocycles. The van der Waals surface area contributed by atoms with E-state index in [0.717, 1.165) is 13.0 Å². The van der Waals surface area contributed by atoms with Crippen LogP contribution in [-0.2, 0) is 0 Å². The van der Waals surface area contributed by atoms with Gasteiger partial charge in [-0.15, -0.1) is 0 Å². The molecule has 0 bridgehead atoms. The van der Waals surface area contributed by atoms with E-state index in [9.17, 15) is 0 Å². The van der Waals surface area contributed by atoms with Crippen molar-refractivity contribution in [2.45, 2.75) is 45.7 Å². The zero-order chi connectivity index (χ0) is 10.8. The molecule has 82 valence electrons. The van der Waals surface area contributed by atoms with Crippen LogP contribution in [0.2, 0.25) is 0 Å². The Labute approximate surface area is 92.4 Å². The highest BCUT2D eigenvalue weighted by Gasteiger charge is 2.32. The van der Waals surface area contributed by atoms with E-state index < -0.39 is 0 Å². The molecule has 1 heterocycles. The van der Waals surface area contributed by atoms with Gasteiger partial charge in [-0.2, -0.15) is 0 Å². The minimum Gasteiger partial charge on any atom is -0.351 e. The summed E-state index contributed by atoms with van der Waals surface area (Å²) in [5, 5.41) is 0. The van der Waals surface area contributed by atoms with Crippen molar-refractivity contribution in [3.63, 3.8) is 0 Å². The molecule has 0 N–H and O–H groups in total. The van der Waals surface area contributed by atoms with Crippen LogP contribution in [0.1, 0.15) is 33.6 Å². The SMILES string of the molecule is CCCN1C(CC)=NC2C=CC(C)=CC21. The summed E-state index contributed by atoms with van der Waals surface area (Å²) >= 11 is 0. The second kappa shape index (κ2) is 4.21. The summed E-state index contributed by atoms with van der Waals surface area (Å²) in [6, 6.07) is 0.861. The lowest BCUT2D eigenvalue weighted by molar-refractivity contribution is 0.364. The molecule has 0 saturated carbocycles. The number of rotatable bonds is 3. The van der Waals surface area contributed by atoms with Crippen LogP contribution in [-0.4, -0.2) is 29.4 Å². The summed E-state index contributed by atoms with van der Waals surface area (Å²) in [5.41, 5.74) is 1.37.